The first-order chi connectivity index (χ1) is 5.25. The van der Waals surface area contributed by atoms with E-state index in [2.05, 4.69) is 11.6 Å². The molecule has 0 N–H and O–H groups in total. The van der Waals surface area contributed by atoms with Crippen LogP contribution in [0.3, 0.4) is 0 Å². The lowest BCUT2D eigenvalue weighted by Crippen LogP contribution is -2.08. The maximum absolute atomic E-state index is 4.00. The van der Waals surface area contributed by atoms with Gasteiger partial charge in [0.25, 0.3) is 0 Å². The van der Waals surface area contributed by atoms with Crippen LogP contribution in [0, 0.1) is 6.92 Å². The summed E-state index contributed by atoms with van der Waals surface area (Å²) >= 11 is 0. The summed E-state index contributed by atoms with van der Waals surface area (Å²) in [6.07, 6.45) is 5.40. The van der Waals surface area contributed by atoms with Gasteiger partial charge >= 0.3 is 0 Å². The molecule has 1 aromatic heterocycles. The molecule has 0 saturated carbocycles. The highest BCUT2D eigenvalue weighted by Crippen LogP contribution is 2.15. The molecule has 0 aliphatic rings. The molecule has 58 valence electrons. The van der Waals surface area contributed by atoms with Crippen molar-refractivity contribution in [3.05, 3.63) is 36.8 Å². The Morgan fingerprint density at radius 3 is 2.91 bits per heavy atom. The predicted octanol–water partition coefficient (Wildman–Crippen LogP) is 1.97. The van der Waals surface area contributed by atoms with Crippen molar-refractivity contribution >= 4 is 5.69 Å². The Bertz CT molecular complexity index is 255. The van der Waals surface area contributed by atoms with Gasteiger partial charge in [-0.05, 0) is 24.8 Å². The van der Waals surface area contributed by atoms with Crippen LogP contribution in [-0.4, -0.2) is 12.0 Å². The third kappa shape index (κ3) is 1.58. The number of nitrogens with zero attached hydrogens (tertiary/aromatic N) is 2. The molecule has 2 heteroatoms. The van der Waals surface area contributed by atoms with Crippen LogP contribution >= 0.6 is 0 Å². The zero-order valence-electron chi connectivity index (χ0n) is 6.91. The highest BCUT2D eigenvalue weighted by molar-refractivity contribution is 5.52. The van der Waals surface area contributed by atoms with E-state index in [1.54, 1.807) is 12.4 Å². The SMILES string of the molecule is C=CN(C)c1ccncc1C. The van der Waals surface area contributed by atoms with E-state index >= 15 is 0 Å². The standard InChI is InChI=1S/C9H12N2/c1-4-11(3)9-5-6-10-7-8(9)2/h4-7H,1H2,2-3H3. The van der Waals surface area contributed by atoms with Gasteiger partial charge in [-0.1, -0.05) is 6.58 Å². The average Bonchev–Trinajstić information content (AvgIpc) is 2.04. The fourth-order valence-corrected chi connectivity index (χ4v) is 0.960. The van der Waals surface area contributed by atoms with E-state index in [0.29, 0.717) is 0 Å². The van der Waals surface area contributed by atoms with Gasteiger partial charge in [-0.15, -0.1) is 0 Å². The number of hydrogen-bond donors (Lipinski definition) is 0. The van der Waals surface area contributed by atoms with E-state index in [1.165, 1.54) is 0 Å². The Hall–Kier alpha value is -1.31. The Morgan fingerprint density at radius 2 is 2.36 bits per heavy atom. The number of aryl methyl sites for hydroxylation is 1. The van der Waals surface area contributed by atoms with E-state index < -0.39 is 0 Å². The summed E-state index contributed by atoms with van der Waals surface area (Å²) in [5, 5.41) is 0. The van der Waals surface area contributed by atoms with Gasteiger partial charge in [0, 0.05) is 25.1 Å². The fourth-order valence-electron chi connectivity index (χ4n) is 0.960. The topological polar surface area (TPSA) is 16.1 Å². The van der Waals surface area contributed by atoms with Crippen LogP contribution in [0.5, 0.6) is 0 Å². The molecule has 0 atom stereocenters. The van der Waals surface area contributed by atoms with Gasteiger partial charge in [-0.2, -0.15) is 0 Å². The lowest BCUT2D eigenvalue weighted by molar-refractivity contribution is 1.15. The van der Waals surface area contributed by atoms with Crippen LogP contribution in [0.4, 0.5) is 5.69 Å². The van der Waals surface area contributed by atoms with Gasteiger partial charge < -0.3 is 4.90 Å². The van der Waals surface area contributed by atoms with Crippen molar-refractivity contribution in [3.8, 4) is 0 Å². The molecule has 0 amide bonds. The second-order valence-corrected chi connectivity index (χ2v) is 2.46. The van der Waals surface area contributed by atoms with Crippen molar-refractivity contribution < 1.29 is 0 Å². The molecule has 0 unspecified atom stereocenters. The molecule has 0 spiro atoms. The van der Waals surface area contributed by atoms with E-state index in [-0.39, 0.29) is 0 Å². The monoisotopic (exact) mass is 148 g/mol. The second-order valence-electron chi connectivity index (χ2n) is 2.46. The Balaban J connectivity index is 3.02. The molecule has 1 heterocycles. The summed E-state index contributed by atoms with van der Waals surface area (Å²) in [4.78, 5) is 5.97. The van der Waals surface area contributed by atoms with Crippen molar-refractivity contribution in [2.75, 3.05) is 11.9 Å². The first-order valence-corrected chi connectivity index (χ1v) is 3.51. The fraction of sp³-hybridized carbons (Fsp3) is 0.222. The van der Waals surface area contributed by atoms with Gasteiger partial charge in [0.05, 0.1) is 0 Å². The predicted molar refractivity (Wildman–Crippen MR) is 47.6 cm³/mol. The minimum atomic E-state index is 1.15. The minimum absolute atomic E-state index is 1.15. The quantitative estimate of drug-likeness (QED) is 0.637. The molecular weight excluding hydrogens is 136 g/mol. The Kier molecular flexibility index (Phi) is 2.26. The Labute approximate surface area is 67.2 Å². The van der Waals surface area contributed by atoms with Crippen LogP contribution in [0.15, 0.2) is 31.2 Å². The van der Waals surface area contributed by atoms with Gasteiger partial charge in [-0.3, -0.25) is 4.98 Å². The molecule has 0 aromatic carbocycles. The van der Waals surface area contributed by atoms with E-state index in [1.807, 2.05) is 31.1 Å². The molecule has 0 aliphatic heterocycles. The summed E-state index contributed by atoms with van der Waals surface area (Å²) in [6, 6.07) is 1.97. The lowest BCUT2D eigenvalue weighted by atomic mass is 10.2. The molecule has 0 aliphatic carbocycles. The van der Waals surface area contributed by atoms with Crippen molar-refractivity contribution in [2.24, 2.45) is 0 Å². The highest BCUT2D eigenvalue weighted by atomic mass is 15.1. The summed E-state index contributed by atoms with van der Waals surface area (Å²) in [6.45, 7) is 5.71. The molecule has 0 bridgehead atoms. The summed E-state index contributed by atoms with van der Waals surface area (Å²) in [5.74, 6) is 0. The molecule has 0 radical (unpaired) electrons. The van der Waals surface area contributed by atoms with Gasteiger partial charge in [0.1, 0.15) is 0 Å². The normalized spacial score (nSPS) is 9.27. The van der Waals surface area contributed by atoms with E-state index in [0.717, 1.165) is 11.3 Å². The van der Waals surface area contributed by atoms with Crippen molar-refractivity contribution in [3.63, 3.8) is 0 Å². The largest absolute Gasteiger partial charge is 0.351 e. The summed E-state index contributed by atoms with van der Waals surface area (Å²) in [5.41, 5.74) is 2.31. The summed E-state index contributed by atoms with van der Waals surface area (Å²) < 4.78 is 0. The van der Waals surface area contributed by atoms with Crippen LogP contribution in [0.1, 0.15) is 5.56 Å². The van der Waals surface area contributed by atoms with Crippen LogP contribution in [0.25, 0.3) is 0 Å². The van der Waals surface area contributed by atoms with E-state index in [9.17, 15) is 0 Å². The first kappa shape index (κ1) is 7.79. The zero-order valence-corrected chi connectivity index (χ0v) is 6.91. The maximum Gasteiger partial charge on any atom is 0.0463 e. The minimum Gasteiger partial charge on any atom is -0.351 e. The van der Waals surface area contributed by atoms with Gasteiger partial charge in [-0.25, -0.2) is 0 Å². The number of anilines is 1. The number of hydrogen-bond acceptors (Lipinski definition) is 2. The molecule has 2 nitrogen and oxygen atoms in total. The molecule has 0 fully saturated rings. The Morgan fingerprint density at radius 1 is 1.64 bits per heavy atom. The highest BCUT2D eigenvalue weighted by Gasteiger charge is 1.98. The average molecular weight is 148 g/mol. The number of pyridine rings is 1. The molecule has 11 heavy (non-hydrogen) atoms. The molecule has 1 aromatic rings. The second kappa shape index (κ2) is 3.19. The third-order valence-corrected chi connectivity index (χ3v) is 1.64. The van der Waals surface area contributed by atoms with Crippen molar-refractivity contribution in [1.29, 1.82) is 0 Å². The van der Waals surface area contributed by atoms with Crippen LogP contribution < -0.4 is 4.90 Å². The first-order valence-electron chi connectivity index (χ1n) is 3.51. The number of rotatable bonds is 2. The van der Waals surface area contributed by atoms with Crippen LogP contribution in [0.2, 0.25) is 0 Å². The van der Waals surface area contributed by atoms with Crippen molar-refractivity contribution in [1.82, 2.24) is 4.98 Å². The van der Waals surface area contributed by atoms with Gasteiger partial charge in [0.15, 0.2) is 0 Å². The third-order valence-electron chi connectivity index (χ3n) is 1.64. The number of aromatic nitrogens is 1. The molecule has 1 rings (SSSR count). The zero-order chi connectivity index (χ0) is 8.27. The summed E-state index contributed by atoms with van der Waals surface area (Å²) in [7, 11) is 1.97. The lowest BCUT2D eigenvalue weighted by Gasteiger charge is -2.14. The molecule has 0 saturated heterocycles. The van der Waals surface area contributed by atoms with Crippen molar-refractivity contribution in [2.45, 2.75) is 6.92 Å². The smallest absolute Gasteiger partial charge is 0.0463 e. The maximum atomic E-state index is 4.00. The van der Waals surface area contributed by atoms with Gasteiger partial charge in [0.2, 0.25) is 0 Å². The van der Waals surface area contributed by atoms with Crippen LogP contribution in [-0.2, 0) is 0 Å². The van der Waals surface area contributed by atoms with E-state index in [4.69, 9.17) is 0 Å². The molecular formula is C9H12N2.